The molecule has 160 valence electrons. The standard InChI is InChI=1S/C17H29N3O6S2/c1-18(2)27(21,22)13-5-8-19-9-11-20(12-10-19)28(23,24)17-14-15(25-3)6-7-16(17)26-4/h6-7,14H,5,8-13H2,1-4H3. The minimum Gasteiger partial charge on any atom is -0.497 e. The molecule has 0 radical (unpaired) electrons. The van der Waals surface area contributed by atoms with Gasteiger partial charge in [0.2, 0.25) is 20.0 Å². The smallest absolute Gasteiger partial charge is 0.246 e. The van der Waals surface area contributed by atoms with Gasteiger partial charge in [-0.25, -0.2) is 21.1 Å². The van der Waals surface area contributed by atoms with Crippen LogP contribution in [0.5, 0.6) is 11.5 Å². The van der Waals surface area contributed by atoms with E-state index in [1.54, 1.807) is 12.1 Å². The minimum atomic E-state index is -3.72. The Bertz CT molecular complexity index is 863. The Kier molecular flexibility index (Phi) is 7.68. The normalized spacial score (nSPS) is 17.0. The Balaban J connectivity index is 1.99. The molecule has 2 rings (SSSR count). The van der Waals surface area contributed by atoms with Crippen LogP contribution in [-0.2, 0) is 20.0 Å². The van der Waals surface area contributed by atoms with Crippen molar-refractivity contribution in [2.45, 2.75) is 11.3 Å². The lowest BCUT2D eigenvalue weighted by atomic mass is 10.3. The SMILES string of the molecule is COc1ccc(OC)c(S(=O)(=O)N2CCN(CCCS(=O)(=O)N(C)C)CC2)c1. The number of rotatable bonds is 9. The van der Waals surface area contributed by atoms with Gasteiger partial charge in [0.15, 0.2) is 0 Å². The van der Waals surface area contributed by atoms with Gasteiger partial charge < -0.3 is 14.4 Å². The second kappa shape index (κ2) is 9.40. The van der Waals surface area contributed by atoms with Crippen molar-refractivity contribution in [2.75, 3.05) is 66.8 Å². The molecule has 11 heteroatoms. The summed E-state index contributed by atoms with van der Waals surface area (Å²) < 4.78 is 62.8. The molecule has 0 atom stereocenters. The summed E-state index contributed by atoms with van der Waals surface area (Å²) in [7, 11) is -0.975. The predicted molar refractivity (Wildman–Crippen MR) is 107 cm³/mol. The molecule has 0 bridgehead atoms. The summed E-state index contributed by atoms with van der Waals surface area (Å²) in [5.41, 5.74) is 0. The van der Waals surface area contributed by atoms with Crippen LogP contribution in [0.4, 0.5) is 0 Å². The third-order valence-electron chi connectivity index (χ3n) is 4.75. The Labute approximate surface area is 167 Å². The van der Waals surface area contributed by atoms with Crippen molar-refractivity contribution >= 4 is 20.0 Å². The van der Waals surface area contributed by atoms with Crippen molar-refractivity contribution in [3.05, 3.63) is 18.2 Å². The fourth-order valence-corrected chi connectivity index (χ4v) is 5.42. The van der Waals surface area contributed by atoms with E-state index in [0.29, 0.717) is 44.9 Å². The van der Waals surface area contributed by atoms with Crippen LogP contribution in [-0.4, -0.2) is 97.1 Å². The van der Waals surface area contributed by atoms with Gasteiger partial charge in [-0.2, -0.15) is 4.31 Å². The summed E-state index contributed by atoms with van der Waals surface area (Å²) in [6.07, 6.45) is 0.511. The molecular formula is C17H29N3O6S2. The molecule has 1 aromatic carbocycles. The van der Waals surface area contributed by atoms with Gasteiger partial charge in [-0.05, 0) is 25.1 Å². The highest BCUT2D eigenvalue weighted by molar-refractivity contribution is 7.89. The highest BCUT2D eigenvalue weighted by Gasteiger charge is 2.31. The van der Waals surface area contributed by atoms with Gasteiger partial charge in [-0.3, -0.25) is 0 Å². The molecular weight excluding hydrogens is 406 g/mol. The van der Waals surface area contributed by atoms with Gasteiger partial charge in [0.1, 0.15) is 16.4 Å². The van der Waals surface area contributed by atoms with E-state index in [1.165, 1.54) is 43.0 Å². The zero-order chi connectivity index (χ0) is 20.9. The summed E-state index contributed by atoms with van der Waals surface area (Å²) in [6.45, 7) is 2.39. The van der Waals surface area contributed by atoms with Crippen LogP contribution in [0.1, 0.15) is 6.42 Å². The lowest BCUT2D eigenvalue weighted by Crippen LogP contribution is -2.49. The van der Waals surface area contributed by atoms with E-state index in [0.717, 1.165) is 0 Å². The quantitative estimate of drug-likeness (QED) is 0.550. The van der Waals surface area contributed by atoms with Crippen LogP contribution >= 0.6 is 0 Å². The Morgan fingerprint density at radius 3 is 2.18 bits per heavy atom. The van der Waals surface area contributed by atoms with Gasteiger partial charge in [-0.1, -0.05) is 0 Å². The second-order valence-electron chi connectivity index (χ2n) is 6.71. The average molecular weight is 436 g/mol. The molecule has 1 aliphatic rings. The van der Waals surface area contributed by atoms with Crippen molar-refractivity contribution in [2.24, 2.45) is 0 Å². The van der Waals surface area contributed by atoms with E-state index < -0.39 is 20.0 Å². The molecule has 1 fully saturated rings. The Morgan fingerprint density at radius 1 is 1.00 bits per heavy atom. The maximum atomic E-state index is 13.0. The van der Waals surface area contributed by atoms with Crippen LogP contribution < -0.4 is 9.47 Å². The number of hydrogen-bond donors (Lipinski definition) is 0. The number of nitrogens with zero attached hydrogens (tertiary/aromatic N) is 3. The monoisotopic (exact) mass is 435 g/mol. The highest BCUT2D eigenvalue weighted by atomic mass is 32.2. The zero-order valence-corrected chi connectivity index (χ0v) is 18.4. The number of methoxy groups -OCH3 is 2. The number of sulfonamides is 2. The van der Waals surface area contributed by atoms with Crippen molar-refractivity contribution in [1.82, 2.24) is 13.5 Å². The number of ether oxygens (including phenoxy) is 2. The lowest BCUT2D eigenvalue weighted by molar-refractivity contribution is 0.188. The molecule has 9 nitrogen and oxygen atoms in total. The van der Waals surface area contributed by atoms with Crippen molar-refractivity contribution in [3.8, 4) is 11.5 Å². The third kappa shape index (κ3) is 5.35. The number of hydrogen-bond acceptors (Lipinski definition) is 7. The second-order valence-corrected chi connectivity index (χ2v) is 10.9. The summed E-state index contributed by atoms with van der Waals surface area (Å²) in [4.78, 5) is 2.17. The third-order valence-corrected chi connectivity index (χ3v) is 8.59. The van der Waals surface area contributed by atoms with Gasteiger partial charge in [0, 0.05) is 46.3 Å². The van der Waals surface area contributed by atoms with Crippen LogP contribution in [0.25, 0.3) is 0 Å². The first kappa shape index (κ1) is 22.9. The van der Waals surface area contributed by atoms with Gasteiger partial charge in [0.05, 0.1) is 20.0 Å². The number of piperazine rings is 1. The lowest BCUT2D eigenvalue weighted by Gasteiger charge is -2.34. The molecule has 0 unspecified atom stereocenters. The van der Waals surface area contributed by atoms with E-state index in [2.05, 4.69) is 4.90 Å². The fraction of sp³-hybridized carbons (Fsp3) is 0.647. The van der Waals surface area contributed by atoms with Crippen molar-refractivity contribution in [3.63, 3.8) is 0 Å². The van der Waals surface area contributed by atoms with E-state index in [9.17, 15) is 16.8 Å². The molecule has 0 aliphatic carbocycles. The maximum absolute atomic E-state index is 13.0. The van der Waals surface area contributed by atoms with E-state index in [4.69, 9.17) is 9.47 Å². The molecule has 1 aliphatic heterocycles. The topological polar surface area (TPSA) is 96.5 Å². The fourth-order valence-electron chi connectivity index (χ4n) is 2.97. The van der Waals surface area contributed by atoms with Gasteiger partial charge >= 0.3 is 0 Å². The first-order valence-corrected chi connectivity index (χ1v) is 12.0. The Hall–Kier alpha value is -1.40. The summed E-state index contributed by atoms with van der Waals surface area (Å²) >= 11 is 0. The van der Waals surface area contributed by atoms with Crippen molar-refractivity contribution < 1.29 is 26.3 Å². The summed E-state index contributed by atoms with van der Waals surface area (Å²) in [6, 6.07) is 4.69. The van der Waals surface area contributed by atoms with Crippen LogP contribution in [0, 0.1) is 0 Å². The van der Waals surface area contributed by atoms with E-state index >= 15 is 0 Å². The first-order valence-electron chi connectivity index (χ1n) is 8.96. The molecule has 28 heavy (non-hydrogen) atoms. The molecule has 1 saturated heterocycles. The van der Waals surface area contributed by atoms with Crippen LogP contribution in [0.2, 0.25) is 0 Å². The van der Waals surface area contributed by atoms with Crippen LogP contribution in [0.15, 0.2) is 23.1 Å². The van der Waals surface area contributed by atoms with E-state index in [-0.39, 0.29) is 16.4 Å². The molecule has 1 aromatic rings. The minimum absolute atomic E-state index is 0.0829. The summed E-state index contributed by atoms with van der Waals surface area (Å²) in [5, 5.41) is 0. The largest absolute Gasteiger partial charge is 0.497 e. The first-order chi connectivity index (χ1) is 13.1. The molecule has 0 amide bonds. The molecule has 1 heterocycles. The molecule has 0 saturated carbocycles. The maximum Gasteiger partial charge on any atom is 0.246 e. The van der Waals surface area contributed by atoms with Crippen molar-refractivity contribution in [1.29, 1.82) is 0 Å². The van der Waals surface area contributed by atoms with Gasteiger partial charge in [0.25, 0.3) is 0 Å². The number of benzene rings is 1. The Morgan fingerprint density at radius 2 is 1.64 bits per heavy atom. The van der Waals surface area contributed by atoms with E-state index in [1.807, 2.05) is 0 Å². The molecule has 0 spiro atoms. The summed E-state index contributed by atoms with van der Waals surface area (Å²) in [5.74, 6) is 0.803. The van der Waals surface area contributed by atoms with Crippen LogP contribution in [0.3, 0.4) is 0 Å². The average Bonchev–Trinajstić information content (AvgIpc) is 2.67. The van der Waals surface area contributed by atoms with Gasteiger partial charge in [-0.15, -0.1) is 0 Å². The predicted octanol–water partition coefficient (Wildman–Crippen LogP) is 0.292. The molecule has 0 N–H and O–H groups in total. The molecule has 0 aromatic heterocycles. The zero-order valence-electron chi connectivity index (χ0n) is 16.8. The highest BCUT2D eigenvalue weighted by Crippen LogP contribution is 2.31.